The minimum atomic E-state index is -0.441. The number of nitrogens with one attached hydrogen (secondary N) is 2. The number of nitro groups is 1. The maximum Gasteiger partial charge on any atom is 0.368 e. The number of ether oxygens (including phenoxy) is 1. The van der Waals surface area contributed by atoms with Crippen LogP contribution < -0.4 is 15.4 Å². The number of rotatable bonds is 12. The molecule has 1 aliphatic rings. The van der Waals surface area contributed by atoms with Crippen molar-refractivity contribution in [2.45, 2.75) is 20.0 Å². The van der Waals surface area contributed by atoms with Crippen LogP contribution in [0.3, 0.4) is 0 Å². The summed E-state index contributed by atoms with van der Waals surface area (Å²) in [6.07, 6.45) is 8.31. The van der Waals surface area contributed by atoms with E-state index in [1.807, 2.05) is 38.4 Å². The van der Waals surface area contributed by atoms with E-state index >= 15 is 0 Å². The highest BCUT2D eigenvalue weighted by molar-refractivity contribution is 6.32. The number of hydrogen-bond acceptors (Lipinski definition) is 10. The number of aliphatic imine (C=N–C) groups is 1. The number of quaternary nitrogens is 1. The van der Waals surface area contributed by atoms with Gasteiger partial charge in [-0.2, -0.15) is 0 Å². The summed E-state index contributed by atoms with van der Waals surface area (Å²) in [4.78, 5) is 44.9. The molecule has 0 aliphatic carbocycles. The average molecular weight is 629 g/mol. The quantitative estimate of drug-likeness (QED) is 0.0916. The zero-order chi connectivity index (χ0) is 32.0. The fraction of sp³-hybridized carbons (Fsp3) is 0.226. The topological polar surface area (TPSA) is 157 Å². The second-order valence-electron chi connectivity index (χ2n) is 11.1. The normalized spacial score (nSPS) is 13.3. The van der Waals surface area contributed by atoms with Crippen LogP contribution in [0.15, 0.2) is 89.7 Å². The first-order valence-corrected chi connectivity index (χ1v) is 14.3. The van der Waals surface area contributed by atoms with Gasteiger partial charge in [-0.15, -0.1) is 0 Å². The highest BCUT2D eigenvalue weighted by Gasteiger charge is 2.31. The zero-order valence-electron chi connectivity index (χ0n) is 24.9. The lowest BCUT2D eigenvalue weighted by molar-refractivity contribution is -0.880. The summed E-state index contributed by atoms with van der Waals surface area (Å²) >= 11 is 6.48. The van der Waals surface area contributed by atoms with Crippen molar-refractivity contribution in [2.75, 3.05) is 37.8 Å². The van der Waals surface area contributed by atoms with Gasteiger partial charge in [0.2, 0.25) is 5.91 Å². The smallest absolute Gasteiger partial charge is 0.368 e. The van der Waals surface area contributed by atoms with Gasteiger partial charge in [0.05, 0.1) is 48.6 Å². The molecule has 0 bridgehead atoms. The molecule has 2 N–H and O–H groups in total. The lowest BCUT2D eigenvalue weighted by Crippen LogP contribution is -2.41. The number of nitrogens with zero attached hydrogens (tertiary/aromatic N) is 7. The number of carbonyl (C=O) groups excluding carboxylic acids is 1. The molecule has 4 aromatic rings. The van der Waals surface area contributed by atoms with Crippen LogP contribution in [0.1, 0.15) is 19.0 Å². The molecule has 3 aromatic heterocycles. The number of carbonyl (C=O) groups is 1. The Morgan fingerprint density at radius 1 is 1.16 bits per heavy atom. The first-order valence-electron chi connectivity index (χ1n) is 14.0. The predicted octanol–water partition coefficient (Wildman–Crippen LogP) is 5.32. The van der Waals surface area contributed by atoms with Crippen LogP contribution in [0, 0.1) is 10.1 Å². The highest BCUT2D eigenvalue weighted by Crippen LogP contribution is 2.31. The molecule has 14 heteroatoms. The van der Waals surface area contributed by atoms with E-state index in [1.165, 1.54) is 12.4 Å². The molecule has 1 amide bonds. The van der Waals surface area contributed by atoms with Crippen molar-refractivity contribution in [1.29, 1.82) is 0 Å². The fourth-order valence-electron chi connectivity index (χ4n) is 4.77. The van der Waals surface area contributed by atoms with E-state index in [-0.39, 0.29) is 18.3 Å². The highest BCUT2D eigenvalue weighted by atomic mass is 35.5. The van der Waals surface area contributed by atoms with Crippen molar-refractivity contribution >= 4 is 51.4 Å². The summed E-state index contributed by atoms with van der Waals surface area (Å²) < 4.78 is 6.23. The minimum absolute atomic E-state index is 0.0774. The monoisotopic (exact) mass is 628 g/mol. The molecular formula is C31H31ClN9O4+. The summed E-state index contributed by atoms with van der Waals surface area (Å²) in [7, 11) is 3.88. The number of anilines is 3. The molecular weight excluding hydrogens is 598 g/mol. The van der Waals surface area contributed by atoms with E-state index in [9.17, 15) is 14.9 Å². The Hall–Kier alpha value is -5.27. The van der Waals surface area contributed by atoms with Crippen molar-refractivity contribution in [3.8, 4) is 5.75 Å². The maximum atomic E-state index is 12.7. The molecule has 1 aromatic carbocycles. The van der Waals surface area contributed by atoms with Gasteiger partial charge in [0.15, 0.2) is 0 Å². The zero-order valence-corrected chi connectivity index (χ0v) is 25.7. The summed E-state index contributed by atoms with van der Waals surface area (Å²) in [6.45, 7) is 2.98. The summed E-state index contributed by atoms with van der Waals surface area (Å²) in [5.41, 5.74) is 3.45. The predicted molar refractivity (Wildman–Crippen MR) is 172 cm³/mol. The van der Waals surface area contributed by atoms with Gasteiger partial charge in [-0.25, -0.2) is 15.0 Å². The first-order chi connectivity index (χ1) is 21.6. The molecule has 0 saturated carbocycles. The van der Waals surface area contributed by atoms with E-state index in [0.29, 0.717) is 68.6 Å². The van der Waals surface area contributed by atoms with Crippen molar-refractivity contribution in [3.05, 3.63) is 106 Å². The molecule has 5 rings (SSSR count). The Morgan fingerprint density at radius 2 is 2.00 bits per heavy atom. The molecule has 13 nitrogen and oxygen atoms in total. The Morgan fingerprint density at radius 3 is 2.76 bits per heavy atom. The molecule has 230 valence electrons. The molecule has 0 spiro atoms. The number of hydrogen-bond donors (Lipinski definition) is 2. The number of fused-ring (bicyclic) bond motifs is 1. The SMILES string of the molecule is CC1=NC([N+](=O)[O-])=C(C[N+](C)(C)C/C=C/C(=O)Nc2cc3c(Nc4ccc(OCc5ccccn5)c(Cl)c4)ncnc3cn2)C1. The van der Waals surface area contributed by atoms with Crippen LogP contribution in [-0.2, 0) is 11.4 Å². The lowest BCUT2D eigenvalue weighted by Gasteiger charge is -2.28. The largest absolute Gasteiger partial charge is 0.486 e. The number of likely N-dealkylation sites (N-methyl/N-ethyl adjacent to an activating group) is 1. The maximum absolute atomic E-state index is 12.7. The third-order valence-electron chi connectivity index (χ3n) is 6.81. The number of pyridine rings is 2. The van der Waals surface area contributed by atoms with Gasteiger partial charge >= 0.3 is 5.82 Å². The minimum Gasteiger partial charge on any atom is -0.486 e. The summed E-state index contributed by atoms with van der Waals surface area (Å²) in [5.74, 6) is 0.892. The molecule has 0 atom stereocenters. The van der Waals surface area contributed by atoms with Crippen LogP contribution >= 0.6 is 11.6 Å². The molecule has 0 unspecified atom stereocenters. The second kappa shape index (κ2) is 13.6. The van der Waals surface area contributed by atoms with Crippen molar-refractivity contribution < 1.29 is 18.9 Å². The Balaban J connectivity index is 1.22. The number of amides is 1. The van der Waals surface area contributed by atoms with Crippen LogP contribution in [0.2, 0.25) is 5.02 Å². The van der Waals surface area contributed by atoms with Gasteiger partial charge in [0.25, 0.3) is 0 Å². The van der Waals surface area contributed by atoms with Gasteiger partial charge < -0.3 is 30.0 Å². The Labute approximate surface area is 264 Å². The lowest BCUT2D eigenvalue weighted by atomic mass is 10.1. The Kier molecular flexibility index (Phi) is 9.40. The number of benzene rings is 1. The van der Waals surface area contributed by atoms with E-state index in [4.69, 9.17) is 16.3 Å². The van der Waals surface area contributed by atoms with Crippen LogP contribution in [0.25, 0.3) is 10.9 Å². The van der Waals surface area contributed by atoms with Gasteiger partial charge in [0, 0.05) is 29.8 Å². The number of aromatic nitrogens is 4. The van der Waals surface area contributed by atoms with Crippen molar-refractivity contribution in [2.24, 2.45) is 4.99 Å². The van der Waals surface area contributed by atoms with Crippen LogP contribution in [0.4, 0.5) is 17.3 Å². The first kappa shape index (κ1) is 31.2. The molecule has 1 aliphatic heterocycles. The fourth-order valence-corrected chi connectivity index (χ4v) is 5.01. The standard InChI is InChI=1S/C31H30ClN9O4/c1-20-13-21(31(37-20)40(43)44)17-41(2,3)12-6-8-29(42)39-28-15-24-26(16-34-28)35-19-36-30(24)38-22-9-10-27(25(32)14-22)45-18-23-7-4-5-11-33-23/h4-11,14-16,19H,12-13,17-18H2,1-3H3,(H-,34,35,36,38,39,42)/p+1/b8-6+. The van der Waals surface area contributed by atoms with Crippen LogP contribution in [-0.4, -0.2) is 68.1 Å². The van der Waals surface area contributed by atoms with Crippen molar-refractivity contribution in [3.63, 3.8) is 0 Å². The Bertz CT molecular complexity index is 1840. The number of halogens is 1. The second-order valence-corrected chi connectivity index (χ2v) is 11.5. The van der Waals surface area contributed by atoms with Gasteiger partial charge in [-0.1, -0.05) is 17.7 Å². The summed E-state index contributed by atoms with van der Waals surface area (Å²) in [6, 6.07) is 12.6. The van der Waals surface area contributed by atoms with Gasteiger partial charge in [0.1, 0.15) is 42.6 Å². The molecule has 4 heterocycles. The van der Waals surface area contributed by atoms with Gasteiger partial charge in [-0.05, 0) is 59.3 Å². The van der Waals surface area contributed by atoms with Crippen molar-refractivity contribution in [1.82, 2.24) is 19.9 Å². The third kappa shape index (κ3) is 8.22. The summed E-state index contributed by atoms with van der Waals surface area (Å²) in [5, 5.41) is 18.4. The van der Waals surface area contributed by atoms with E-state index in [2.05, 4.69) is 35.6 Å². The molecule has 0 radical (unpaired) electrons. The van der Waals surface area contributed by atoms with Crippen LogP contribution in [0.5, 0.6) is 5.75 Å². The third-order valence-corrected chi connectivity index (χ3v) is 7.11. The molecule has 0 saturated heterocycles. The molecule has 45 heavy (non-hydrogen) atoms. The van der Waals surface area contributed by atoms with E-state index < -0.39 is 4.92 Å². The average Bonchev–Trinajstić information content (AvgIpc) is 3.36. The van der Waals surface area contributed by atoms with E-state index in [1.54, 1.807) is 43.6 Å². The van der Waals surface area contributed by atoms with Gasteiger partial charge in [-0.3, -0.25) is 9.78 Å². The van der Waals surface area contributed by atoms with E-state index in [0.717, 1.165) is 11.4 Å². The molecule has 0 fully saturated rings.